The Bertz CT molecular complexity index is 110. The first-order valence-corrected chi connectivity index (χ1v) is 2.68. The molecule has 0 bridgehead atoms. The van der Waals surface area contributed by atoms with Gasteiger partial charge in [0.25, 0.3) is 0 Å². The van der Waals surface area contributed by atoms with Crippen LogP contribution < -0.4 is 5.73 Å². The Hall–Kier alpha value is -0.790. The molecule has 2 heteroatoms. The van der Waals surface area contributed by atoms with Crippen LogP contribution in [0.15, 0.2) is 11.3 Å². The van der Waals surface area contributed by atoms with Crippen molar-refractivity contribution in [2.75, 3.05) is 0 Å². The summed E-state index contributed by atoms with van der Waals surface area (Å²) < 4.78 is 0. The van der Waals surface area contributed by atoms with Crippen LogP contribution in [0.3, 0.4) is 0 Å². The lowest BCUT2D eigenvalue weighted by Gasteiger charge is -1.95. The Kier molecular flexibility index (Phi) is 2.92. The third kappa shape index (κ3) is 1.78. The van der Waals surface area contributed by atoms with E-state index in [9.17, 15) is 0 Å². The van der Waals surface area contributed by atoms with Crippen LogP contribution in [0.2, 0.25) is 0 Å². The van der Waals surface area contributed by atoms with Crippen molar-refractivity contribution < 1.29 is 0 Å². The van der Waals surface area contributed by atoms with Crippen LogP contribution >= 0.6 is 0 Å². The minimum Gasteiger partial charge on any atom is -0.402 e. The molecule has 0 amide bonds. The van der Waals surface area contributed by atoms with E-state index >= 15 is 0 Å². The fourth-order valence-corrected chi connectivity index (χ4v) is 0.495. The van der Waals surface area contributed by atoms with Crippen LogP contribution in [0.1, 0.15) is 20.3 Å². The smallest absolute Gasteiger partial charge is 0.0226 e. The van der Waals surface area contributed by atoms with Gasteiger partial charge in [-0.2, -0.15) is 0 Å². The summed E-state index contributed by atoms with van der Waals surface area (Å²) in [5.74, 6) is 0. The minimum atomic E-state index is 0.752. The molecular formula is C6H12N2. The fourth-order valence-electron chi connectivity index (χ4n) is 0.495. The average molecular weight is 112 g/mol. The molecule has 0 saturated carbocycles. The maximum atomic E-state index is 6.83. The van der Waals surface area contributed by atoms with Crippen molar-refractivity contribution in [3.63, 3.8) is 0 Å². The Morgan fingerprint density at radius 1 is 1.75 bits per heavy atom. The molecule has 0 aromatic carbocycles. The molecule has 0 aliphatic carbocycles. The number of nitrogens with one attached hydrogen (secondary N) is 1. The molecule has 3 N–H and O–H groups in total. The van der Waals surface area contributed by atoms with Crippen molar-refractivity contribution in [3.8, 4) is 0 Å². The lowest BCUT2D eigenvalue weighted by atomic mass is 10.2. The Labute approximate surface area is 49.9 Å². The number of nitrogens with two attached hydrogens (primary N) is 1. The van der Waals surface area contributed by atoms with Gasteiger partial charge < -0.3 is 11.1 Å². The highest BCUT2D eigenvalue weighted by Crippen LogP contribution is 1.98. The molecule has 0 aromatic heterocycles. The summed E-state index contributed by atoms with van der Waals surface area (Å²) in [4.78, 5) is 0. The quantitative estimate of drug-likeness (QED) is 0.519. The van der Waals surface area contributed by atoms with Crippen molar-refractivity contribution in [2.24, 2.45) is 5.73 Å². The molecular weight excluding hydrogens is 100 g/mol. The van der Waals surface area contributed by atoms with E-state index in [2.05, 4.69) is 0 Å². The summed E-state index contributed by atoms with van der Waals surface area (Å²) in [6, 6.07) is 0. The maximum absolute atomic E-state index is 6.83. The Morgan fingerprint density at radius 2 is 2.25 bits per heavy atom. The van der Waals surface area contributed by atoms with E-state index < -0.39 is 0 Å². The lowest BCUT2D eigenvalue weighted by molar-refractivity contribution is 1.11. The summed E-state index contributed by atoms with van der Waals surface area (Å²) in [5.41, 5.74) is 7.06. The van der Waals surface area contributed by atoms with Crippen LogP contribution in [0.25, 0.3) is 0 Å². The van der Waals surface area contributed by atoms with Crippen LogP contribution in [-0.4, -0.2) is 6.21 Å². The molecule has 0 rings (SSSR count). The van der Waals surface area contributed by atoms with E-state index in [4.69, 9.17) is 11.1 Å². The van der Waals surface area contributed by atoms with E-state index in [1.54, 1.807) is 0 Å². The Balaban J connectivity index is 4.07. The van der Waals surface area contributed by atoms with E-state index in [1.807, 2.05) is 13.8 Å². The predicted molar refractivity (Wildman–Crippen MR) is 36.0 cm³/mol. The molecule has 0 aliphatic heterocycles. The van der Waals surface area contributed by atoms with Crippen LogP contribution in [-0.2, 0) is 0 Å². The van der Waals surface area contributed by atoms with E-state index in [0.717, 1.165) is 17.7 Å². The van der Waals surface area contributed by atoms with Crippen molar-refractivity contribution in [1.29, 1.82) is 5.41 Å². The molecule has 0 fully saturated rings. The van der Waals surface area contributed by atoms with E-state index in [0.29, 0.717) is 0 Å². The van der Waals surface area contributed by atoms with Crippen molar-refractivity contribution >= 4 is 6.21 Å². The van der Waals surface area contributed by atoms with Crippen LogP contribution in [0, 0.1) is 5.41 Å². The topological polar surface area (TPSA) is 49.9 Å². The second kappa shape index (κ2) is 3.24. The summed E-state index contributed by atoms with van der Waals surface area (Å²) in [6.45, 7) is 3.79. The van der Waals surface area contributed by atoms with Crippen LogP contribution in [0.5, 0.6) is 0 Å². The number of hydrogen-bond acceptors (Lipinski definition) is 2. The standard InChI is InChI=1S/C6H12N2/c1-3-6(4-7)5(2)8/h4,7H,3,8H2,1-2H3/b6-5-,7-4?. The highest BCUT2D eigenvalue weighted by atomic mass is 14.6. The molecule has 46 valence electrons. The van der Waals surface area contributed by atoms with Gasteiger partial charge in [0.2, 0.25) is 0 Å². The number of hydrogen-bond donors (Lipinski definition) is 2. The SMILES string of the molecule is CC/C(C=N)=C(\C)N. The number of rotatable bonds is 2. The van der Waals surface area contributed by atoms with Crippen molar-refractivity contribution in [3.05, 3.63) is 11.3 Å². The number of allylic oxidation sites excluding steroid dienone is 2. The van der Waals surface area contributed by atoms with Gasteiger partial charge in [-0.25, -0.2) is 0 Å². The van der Waals surface area contributed by atoms with Crippen molar-refractivity contribution in [2.45, 2.75) is 20.3 Å². The molecule has 8 heavy (non-hydrogen) atoms. The van der Waals surface area contributed by atoms with Gasteiger partial charge in [0.05, 0.1) is 0 Å². The van der Waals surface area contributed by atoms with Crippen molar-refractivity contribution in [1.82, 2.24) is 0 Å². The molecule has 0 saturated heterocycles. The van der Waals surface area contributed by atoms with Crippen LogP contribution in [0.4, 0.5) is 0 Å². The summed E-state index contributed by atoms with van der Waals surface area (Å²) in [5, 5.41) is 6.83. The van der Waals surface area contributed by atoms with Gasteiger partial charge in [-0.3, -0.25) is 0 Å². The highest BCUT2D eigenvalue weighted by molar-refractivity contribution is 5.76. The molecule has 0 atom stereocenters. The third-order valence-corrected chi connectivity index (χ3v) is 1.06. The second-order valence-corrected chi connectivity index (χ2v) is 1.71. The summed E-state index contributed by atoms with van der Waals surface area (Å²) >= 11 is 0. The average Bonchev–Trinajstić information content (AvgIpc) is 1.69. The lowest BCUT2D eigenvalue weighted by Crippen LogP contribution is -1.97. The fraction of sp³-hybridized carbons (Fsp3) is 0.500. The minimum absolute atomic E-state index is 0.752. The first-order valence-electron chi connectivity index (χ1n) is 2.68. The zero-order chi connectivity index (χ0) is 6.57. The molecule has 0 aliphatic rings. The molecule has 0 unspecified atom stereocenters. The van der Waals surface area contributed by atoms with Gasteiger partial charge in [-0.1, -0.05) is 6.92 Å². The molecule has 0 radical (unpaired) electrons. The zero-order valence-corrected chi connectivity index (χ0v) is 5.36. The Morgan fingerprint density at radius 3 is 2.25 bits per heavy atom. The molecule has 0 aromatic rings. The van der Waals surface area contributed by atoms with Gasteiger partial charge in [-0.15, -0.1) is 0 Å². The molecule has 0 heterocycles. The van der Waals surface area contributed by atoms with Gasteiger partial charge in [-0.05, 0) is 18.9 Å². The van der Waals surface area contributed by atoms with E-state index in [-0.39, 0.29) is 0 Å². The van der Waals surface area contributed by atoms with Gasteiger partial charge >= 0.3 is 0 Å². The molecule has 0 spiro atoms. The summed E-state index contributed by atoms with van der Waals surface area (Å²) in [6.07, 6.45) is 2.15. The van der Waals surface area contributed by atoms with Gasteiger partial charge in [0.15, 0.2) is 0 Å². The van der Waals surface area contributed by atoms with Gasteiger partial charge in [0.1, 0.15) is 0 Å². The molecule has 2 nitrogen and oxygen atoms in total. The largest absolute Gasteiger partial charge is 0.402 e. The monoisotopic (exact) mass is 112 g/mol. The second-order valence-electron chi connectivity index (χ2n) is 1.71. The normalized spacial score (nSPS) is 12.8. The summed E-state index contributed by atoms with van der Waals surface area (Å²) in [7, 11) is 0. The maximum Gasteiger partial charge on any atom is 0.0226 e. The highest BCUT2D eigenvalue weighted by Gasteiger charge is 1.88. The first-order chi connectivity index (χ1) is 3.72. The van der Waals surface area contributed by atoms with Gasteiger partial charge in [0, 0.05) is 11.9 Å². The third-order valence-electron chi connectivity index (χ3n) is 1.06. The zero-order valence-electron chi connectivity index (χ0n) is 5.36. The first kappa shape index (κ1) is 7.21. The van der Waals surface area contributed by atoms with E-state index in [1.165, 1.54) is 6.21 Å². The predicted octanol–water partition coefficient (Wildman–Crippen LogP) is 1.28.